The Labute approximate surface area is 210 Å². The number of benzene rings is 4. The molecule has 180 valence electrons. The van der Waals surface area contributed by atoms with Crippen LogP contribution in [0.1, 0.15) is 30.4 Å². The third-order valence-corrected chi connectivity index (χ3v) is 6.85. The number of carboxylic acid groups (broad SMARTS) is 1. The van der Waals surface area contributed by atoms with Gasteiger partial charge in [0.05, 0.1) is 6.42 Å². The number of hydrogen-bond donors (Lipinski definition) is 1. The summed E-state index contributed by atoms with van der Waals surface area (Å²) in [6.45, 7) is 1.72. The SMILES string of the molecule is C[C@](CC(=O)OCC1c2ccccc2-c2ccccc21)(C(=O)O)N(c1ccccc1)c1ccccc1. The molecule has 0 bridgehead atoms. The quantitative estimate of drug-likeness (QED) is 0.297. The molecule has 36 heavy (non-hydrogen) atoms. The van der Waals surface area contributed by atoms with Crippen LogP contribution in [0.3, 0.4) is 0 Å². The minimum atomic E-state index is -1.56. The first kappa shape index (κ1) is 23.4. The molecule has 1 atom stereocenters. The molecule has 0 aliphatic heterocycles. The van der Waals surface area contributed by atoms with Crippen molar-refractivity contribution in [3.63, 3.8) is 0 Å². The van der Waals surface area contributed by atoms with Crippen molar-refractivity contribution in [2.75, 3.05) is 11.5 Å². The van der Waals surface area contributed by atoms with Crippen LogP contribution >= 0.6 is 0 Å². The van der Waals surface area contributed by atoms with Crippen molar-refractivity contribution in [1.29, 1.82) is 0 Å². The number of ether oxygens (including phenoxy) is 1. The molecule has 0 heterocycles. The highest BCUT2D eigenvalue weighted by atomic mass is 16.5. The molecule has 4 aromatic rings. The predicted octanol–water partition coefficient (Wildman–Crippen LogP) is 6.41. The Kier molecular flexibility index (Phi) is 6.30. The molecule has 0 unspecified atom stereocenters. The van der Waals surface area contributed by atoms with Gasteiger partial charge in [0, 0.05) is 17.3 Å². The van der Waals surface area contributed by atoms with Crippen molar-refractivity contribution in [1.82, 2.24) is 0 Å². The van der Waals surface area contributed by atoms with Crippen LogP contribution in [0.2, 0.25) is 0 Å². The maximum atomic E-state index is 13.2. The fourth-order valence-corrected chi connectivity index (χ4v) is 5.07. The normalized spacial score (nSPS) is 13.8. The Morgan fingerprint density at radius 3 is 1.67 bits per heavy atom. The smallest absolute Gasteiger partial charge is 0.330 e. The Morgan fingerprint density at radius 1 is 0.750 bits per heavy atom. The first-order valence-electron chi connectivity index (χ1n) is 12.0. The number of hydrogen-bond acceptors (Lipinski definition) is 4. The number of carbonyl (C=O) groups is 2. The van der Waals surface area contributed by atoms with Crippen LogP contribution in [0.15, 0.2) is 109 Å². The van der Waals surface area contributed by atoms with Crippen LogP contribution < -0.4 is 4.90 Å². The summed E-state index contributed by atoms with van der Waals surface area (Å²) in [5, 5.41) is 10.4. The van der Waals surface area contributed by atoms with Gasteiger partial charge in [-0.2, -0.15) is 0 Å². The van der Waals surface area contributed by atoms with E-state index in [2.05, 4.69) is 24.3 Å². The van der Waals surface area contributed by atoms with Crippen molar-refractivity contribution in [3.05, 3.63) is 120 Å². The molecule has 5 heteroatoms. The van der Waals surface area contributed by atoms with E-state index in [1.807, 2.05) is 84.9 Å². The molecule has 0 spiro atoms. The number of fused-ring (bicyclic) bond motifs is 3. The van der Waals surface area contributed by atoms with Gasteiger partial charge in [-0.05, 0) is 53.4 Å². The summed E-state index contributed by atoms with van der Waals surface area (Å²) in [4.78, 5) is 27.6. The van der Waals surface area contributed by atoms with Crippen molar-refractivity contribution < 1.29 is 19.4 Å². The molecule has 1 aliphatic rings. The van der Waals surface area contributed by atoms with E-state index in [0.717, 1.165) is 22.3 Å². The molecule has 4 aromatic carbocycles. The van der Waals surface area contributed by atoms with Crippen molar-refractivity contribution in [2.45, 2.75) is 24.8 Å². The molecular weight excluding hydrogens is 450 g/mol. The van der Waals surface area contributed by atoms with E-state index in [-0.39, 0.29) is 18.9 Å². The van der Waals surface area contributed by atoms with Gasteiger partial charge in [-0.25, -0.2) is 4.79 Å². The monoisotopic (exact) mass is 477 g/mol. The van der Waals surface area contributed by atoms with Crippen molar-refractivity contribution in [3.8, 4) is 11.1 Å². The van der Waals surface area contributed by atoms with Crippen LogP contribution in [-0.2, 0) is 14.3 Å². The van der Waals surface area contributed by atoms with E-state index in [4.69, 9.17) is 4.74 Å². The zero-order chi connectivity index (χ0) is 25.1. The number of carboxylic acids is 1. The average Bonchev–Trinajstić information content (AvgIpc) is 3.22. The molecule has 0 saturated carbocycles. The van der Waals surface area contributed by atoms with Gasteiger partial charge >= 0.3 is 11.9 Å². The van der Waals surface area contributed by atoms with Gasteiger partial charge in [0.15, 0.2) is 0 Å². The number of rotatable bonds is 8. The second kappa shape index (κ2) is 9.70. The number of para-hydroxylation sites is 2. The third kappa shape index (κ3) is 4.24. The fraction of sp³-hybridized carbons (Fsp3) is 0.161. The lowest BCUT2D eigenvalue weighted by Crippen LogP contribution is -2.52. The summed E-state index contributed by atoms with van der Waals surface area (Å²) in [7, 11) is 0. The number of anilines is 2. The van der Waals surface area contributed by atoms with Gasteiger partial charge in [0.25, 0.3) is 0 Å². The lowest BCUT2D eigenvalue weighted by atomic mass is 9.93. The van der Waals surface area contributed by atoms with E-state index in [0.29, 0.717) is 11.4 Å². The van der Waals surface area contributed by atoms with E-state index in [1.54, 1.807) is 11.8 Å². The first-order chi connectivity index (χ1) is 17.5. The molecule has 0 amide bonds. The second-order valence-corrected chi connectivity index (χ2v) is 9.17. The Bertz CT molecular complexity index is 1300. The van der Waals surface area contributed by atoms with Gasteiger partial charge in [0.1, 0.15) is 12.1 Å². The average molecular weight is 478 g/mol. The lowest BCUT2D eigenvalue weighted by molar-refractivity contribution is -0.152. The zero-order valence-corrected chi connectivity index (χ0v) is 20.0. The van der Waals surface area contributed by atoms with Gasteiger partial charge in [0.2, 0.25) is 0 Å². The highest BCUT2D eigenvalue weighted by molar-refractivity contribution is 5.92. The van der Waals surface area contributed by atoms with Crippen molar-refractivity contribution in [2.24, 2.45) is 0 Å². The maximum Gasteiger partial charge on any atom is 0.330 e. The number of nitrogens with zero attached hydrogens (tertiary/aromatic N) is 1. The number of aliphatic carboxylic acids is 1. The molecule has 0 saturated heterocycles. The van der Waals surface area contributed by atoms with Gasteiger partial charge in [-0.3, -0.25) is 4.79 Å². The zero-order valence-electron chi connectivity index (χ0n) is 20.0. The Balaban J connectivity index is 1.41. The molecule has 1 aliphatic carbocycles. The molecule has 0 radical (unpaired) electrons. The van der Waals surface area contributed by atoms with Crippen LogP contribution in [0.5, 0.6) is 0 Å². The minimum absolute atomic E-state index is 0.0863. The fourth-order valence-electron chi connectivity index (χ4n) is 5.07. The van der Waals surface area contributed by atoms with E-state index in [9.17, 15) is 14.7 Å². The highest BCUT2D eigenvalue weighted by Crippen LogP contribution is 2.44. The number of esters is 1. The lowest BCUT2D eigenvalue weighted by Gasteiger charge is -2.39. The van der Waals surface area contributed by atoms with Gasteiger partial charge in [-0.1, -0.05) is 84.9 Å². The van der Waals surface area contributed by atoms with Crippen LogP contribution in [0.25, 0.3) is 11.1 Å². The van der Waals surface area contributed by atoms with Gasteiger partial charge in [-0.15, -0.1) is 0 Å². The summed E-state index contributed by atoms with van der Waals surface area (Å²) in [6.07, 6.45) is -0.317. The van der Waals surface area contributed by atoms with Crippen LogP contribution in [0, 0.1) is 0 Å². The van der Waals surface area contributed by atoms with Crippen LogP contribution in [0.4, 0.5) is 11.4 Å². The van der Waals surface area contributed by atoms with Crippen LogP contribution in [-0.4, -0.2) is 29.2 Å². The Morgan fingerprint density at radius 2 is 1.19 bits per heavy atom. The molecule has 0 fully saturated rings. The summed E-state index contributed by atoms with van der Waals surface area (Å²) in [5.41, 5.74) is 4.31. The minimum Gasteiger partial charge on any atom is -0.479 e. The third-order valence-electron chi connectivity index (χ3n) is 6.85. The van der Waals surface area contributed by atoms with Gasteiger partial charge < -0.3 is 14.7 Å². The summed E-state index contributed by atoms with van der Waals surface area (Å²) < 4.78 is 5.78. The largest absolute Gasteiger partial charge is 0.479 e. The predicted molar refractivity (Wildman–Crippen MR) is 140 cm³/mol. The van der Waals surface area contributed by atoms with E-state index >= 15 is 0 Å². The molecule has 5 nitrogen and oxygen atoms in total. The Hall–Kier alpha value is -4.38. The van der Waals surface area contributed by atoms with E-state index in [1.165, 1.54) is 0 Å². The van der Waals surface area contributed by atoms with Crippen molar-refractivity contribution >= 4 is 23.3 Å². The highest BCUT2D eigenvalue weighted by Gasteiger charge is 2.43. The number of carbonyl (C=O) groups excluding carboxylic acids is 1. The summed E-state index contributed by atoms with van der Waals surface area (Å²) in [6, 6.07) is 34.7. The van der Waals surface area contributed by atoms with E-state index < -0.39 is 17.5 Å². The molecule has 0 aromatic heterocycles. The topological polar surface area (TPSA) is 66.8 Å². The molecule has 1 N–H and O–H groups in total. The molecular formula is C31H27NO4. The summed E-state index contributed by atoms with van der Waals surface area (Å²) >= 11 is 0. The first-order valence-corrected chi connectivity index (χ1v) is 12.0. The maximum absolute atomic E-state index is 13.2. The summed E-state index contributed by atoms with van der Waals surface area (Å²) in [5.74, 6) is -1.75. The second-order valence-electron chi connectivity index (χ2n) is 9.17. The standard InChI is InChI=1S/C31H27NO4/c1-31(30(34)35,32(22-12-4-2-5-13-22)23-14-6-3-7-15-23)20-29(33)36-21-28-26-18-10-8-16-24(26)25-17-9-11-19-27(25)28/h2-19,28H,20-21H2,1H3,(H,34,35)/t31-/m0/s1. The molecule has 5 rings (SSSR count).